The number of morpholine rings is 1. The highest BCUT2D eigenvalue weighted by Gasteiger charge is 2.23. The summed E-state index contributed by atoms with van der Waals surface area (Å²) in [5.41, 5.74) is 2.25. The topological polar surface area (TPSA) is 25.4 Å². The molecule has 0 radical (unpaired) electrons. The van der Waals surface area contributed by atoms with Crippen LogP contribution < -0.4 is 0 Å². The van der Waals surface area contributed by atoms with Gasteiger partial charge >= 0.3 is 0 Å². The first-order valence-electron chi connectivity index (χ1n) is 8.35. The Hall–Kier alpha value is -1.97. The van der Waals surface area contributed by atoms with E-state index in [0.29, 0.717) is 0 Å². The summed E-state index contributed by atoms with van der Waals surface area (Å²) in [4.78, 5) is 7.43. The third-order valence-electron chi connectivity index (χ3n) is 4.56. The quantitative estimate of drug-likeness (QED) is 0.669. The molecule has 0 spiro atoms. The fourth-order valence-corrected chi connectivity index (χ4v) is 3.72. The van der Waals surface area contributed by atoms with Crippen LogP contribution in [0.4, 0.5) is 0 Å². The molecule has 1 aliphatic heterocycles. The maximum absolute atomic E-state index is 5.85. The predicted molar refractivity (Wildman–Crippen MR) is 94.5 cm³/mol. The zero-order valence-electron chi connectivity index (χ0n) is 13.7. The second kappa shape index (κ2) is 5.91. The number of hydrogen-bond acceptors (Lipinski definition) is 3. The molecular formula is C20H22N2O. The van der Waals surface area contributed by atoms with Crippen LogP contribution in [0.15, 0.2) is 48.5 Å². The smallest absolute Gasteiger partial charge is 0.0712 e. The minimum atomic E-state index is 0.283. The van der Waals surface area contributed by atoms with Crippen molar-refractivity contribution in [3.05, 3.63) is 54.2 Å². The van der Waals surface area contributed by atoms with Gasteiger partial charge in [-0.25, -0.2) is 0 Å². The minimum absolute atomic E-state index is 0.283. The third-order valence-corrected chi connectivity index (χ3v) is 4.56. The van der Waals surface area contributed by atoms with E-state index in [1.54, 1.807) is 0 Å². The van der Waals surface area contributed by atoms with E-state index in [4.69, 9.17) is 9.72 Å². The van der Waals surface area contributed by atoms with Gasteiger partial charge in [-0.2, -0.15) is 0 Å². The molecule has 0 amide bonds. The molecular weight excluding hydrogens is 284 g/mol. The van der Waals surface area contributed by atoms with Crippen LogP contribution in [0.3, 0.4) is 0 Å². The van der Waals surface area contributed by atoms with E-state index >= 15 is 0 Å². The molecule has 2 aromatic carbocycles. The molecule has 0 unspecified atom stereocenters. The van der Waals surface area contributed by atoms with Crippen molar-refractivity contribution in [1.29, 1.82) is 0 Å². The van der Waals surface area contributed by atoms with Gasteiger partial charge in [0.1, 0.15) is 0 Å². The second-order valence-corrected chi connectivity index (χ2v) is 6.57. The molecule has 0 N–H and O–H groups in total. The number of ether oxygens (including phenoxy) is 1. The van der Waals surface area contributed by atoms with E-state index in [1.165, 1.54) is 21.9 Å². The molecule has 3 heteroatoms. The Bertz CT molecular complexity index is 835. The standard InChI is InChI=1S/C20H22N2O/c1-14-11-22(12-15(2)23-14)13-20-18-9-4-3-7-16(18)17-8-5-6-10-19(17)21-20/h3-10,14-15H,11-13H2,1-2H3/t14-,15-/m1/s1. The van der Waals surface area contributed by atoms with Gasteiger partial charge in [0, 0.05) is 30.4 Å². The van der Waals surface area contributed by atoms with Crippen molar-refractivity contribution in [2.45, 2.75) is 32.6 Å². The van der Waals surface area contributed by atoms with Gasteiger partial charge in [0.05, 0.1) is 23.4 Å². The van der Waals surface area contributed by atoms with Gasteiger partial charge < -0.3 is 4.74 Å². The van der Waals surface area contributed by atoms with Crippen molar-refractivity contribution in [3.63, 3.8) is 0 Å². The number of rotatable bonds is 2. The summed E-state index contributed by atoms with van der Waals surface area (Å²) in [5, 5.41) is 3.79. The predicted octanol–water partition coefficient (Wildman–Crippen LogP) is 4.00. The Labute approximate surface area is 136 Å². The van der Waals surface area contributed by atoms with E-state index < -0.39 is 0 Å². The molecule has 1 saturated heterocycles. The summed E-state index contributed by atoms with van der Waals surface area (Å²) in [6.45, 7) is 7.10. The van der Waals surface area contributed by atoms with Gasteiger partial charge in [-0.15, -0.1) is 0 Å². The Morgan fingerprint density at radius 3 is 2.26 bits per heavy atom. The van der Waals surface area contributed by atoms with Crippen LogP contribution in [0.5, 0.6) is 0 Å². The summed E-state index contributed by atoms with van der Waals surface area (Å²) in [6.07, 6.45) is 0.566. The SMILES string of the molecule is C[C@@H]1CN(Cc2nc3ccccc3c3ccccc23)C[C@@H](C)O1. The summed E-state index contributed by atoms with van der Waals surface area (Å²) < 4.78 is 5.85. The molecule has 2 heterocycles. The van der Waals surface area contributed by atoms with Crippen molar-refractivity contribution in [1.82, 2.24) is 9.88 Å². The number of benzene rings is 2. The van der Waals surface area contributed by atoms with Gasteiger partial charge in [-0.3, -0.25) is 9.88 Å². The number of hydrogen-bond donors (Lipinski definition) is 0. The van der Waals surface area contributed by atoms with Crippen molar-refractivity contribution >= 4 is 21.7 Å². The van der Waals surface area contributed by atoms with Crippen LogP contribution >= 0.6 is 0 Å². The molecule has 0 aliphatic carbocycles. The maximum Gasteiger partial charge on any atom is 0.0712 e. The minimum Gasteiger partial charge on any atom is -0.373 e. The Morgan fingerprint density at radius 2 is 1.52 bits per heavy atom. The van der Waals surface area contributed by atoms with Crippen molar-refractivity contribution < 1.29 is 4.74 Å². The van der Waals surface area contributed by atoms with Crippen LogP contribution in [-0.2, 0) is 11.3 Å². The second-order valence-electron chi connectivity index (χ2n) is 6.57. The summed E-state index contributed by atoms with van der Waals surface area (Å²) in [6, 6.07) is 17.0. The lowest BCUT2D eigenvalue weighted by Gasteiger charge is -2.35. The van der Waals surface area contributed by atoms with Crippen molar-refractivity contribution in [2.75, 3.05) is 13.1 Å². The van der Waals surface area contributed by atoms with E-state index in [-0.39, 0.29) is 12.2 Å². The van der Waals surface area contributed by atoms with Gasteiger partial charge in [-0.05, 0) is 25.3 Å². The highest BCUT2D eigenvalue weighted by atomic mass is 16.5. The van der Waals surface area contributed by atoms with Crippen LogP contribution in [0.25, 0.3) is 21.7 Å². The highest BCUT2D eigenvalue weighted by molar-refractivity contribution is 6.06. The van der Waals surface area contributed by atoms with Crippen molar-refractivity contribution in [3.8, 4) is 0 Å². The first-order valence-corrected chi connectivity index (χ1v) is 8.35. The zero-order chi connectivity index (χ0) is 15.8. The third kappa shape index (κ3) is 2.82. The molecule has 0 saturated carbocycles. The van der Waals surface area contributed by atoms with E-state index in [2.05, 4.69) is 67.3 Å². The average molecular weight is 306 g/mol. The summed E-state index contributed by atoms with van der Waals surface area (Å²) >= 11 is 0. The number of pyridine rings is 1. The van der Waals surface area contributed by atoms with Gasteiger partial charge in [0.2, 0.25) is 0 Å². The van der Waals surface area contributed by atoms with E-state index in [9.17, 15) is 0 Å². The first-order chi connectivity index (χ1) is 11.2. The number of aromatic nitrogens is 1. The molecule has 3 aromatic rings. The lowest BCUT2D eigenvalue weighted by molar-refractivity contribution is -0.0706. The first kappa shape index (κ1) is 14.6. The normalized spacial score (nSPS) is 22.7. The zero-order valence-corrected chi connectivity index (χ0v) is 13.7. The van der Waals surface area contributed by atoms with Crippen LogP contribution in [0.1, 0.15) is 19.5 Å². The summed E-state index contributed by atoms with van der Waals surface area (Å²) in [5.74, 6) is 0. The van der Waals surface area contributed by atoms with Crippen LogP contribution in [-0.4, -0.2) is 35.2 Å². The largest absolute Gasteiger partial charge is 0.373 e. The average Bonchev–Trinajstić information content (AvgIpc) is 2.54. The Morgan fingerprint density at radius 1 is 0.913 bits per heavy atom. The summed E-state index contributed by atoms with van der Waals surface area (Å²) in [7, 11) is 0. The molecule has 1 fully saturated rings. The van der Waals surface area contributed by atoms with Gasteiger partial charge in [-0.1, -0.05) is 42.5 Å². The molecule has 23 heavy (non-hydrogen) atoms. The maximum atomic E-state index is 5.85. The Kier molecular flexibility index (Phi) is 3.76. The van der Waals surface area contributed by atoms with Crippen molar-refractivity contribution in [2.24, 2.45) is 0 Å². The lowest BCUT2D eigenvalue weighted by atomic mass is 10.0. The monoisotopic (exact) mass is 306 g/mol. The highest BCUT2D eigenvalue weighted by Crippen LogP contribution is 2.27. The molecule has 3 nitrogen and oxygen atoms in total. The van der Waals surface area contributed by atoms with Gasteiger partial charge in [0.15, 0.2) is 0 Å². The molecule has 2 atom stereocenters. The van der Waals surface area contributed by atoms with Crippen LogP contribution in [0, 0.1) is 0 Å². The fourth-order valence-electron chi connectivity index (χ4n) is 3.72. The van der Waals surface area contributed by atoms with Crippen LogP contribution in [0.2, 0.25) is 0 Å². The Balaban J connectivity index is 1.79. The molecule has 1 aromatic heterocycles. The van der Waals surface area contributed by atoms with E-state index in [1.807, 2.05) is 0 Å². The number of fused-ring (bicyclic) bond motifs is 3. The molecule has 1 aliphatic rings. The van der Waals surface area contributed by atoms with E-state index in [0.717, 1.165) is 25.2 Å². The number of nitrogens with zero attached hydrogens (tertiary/aromatic N) is 2. The lowest BCUT2D eigenvalue weighted by Crippen LogP contribution is -2.44. The fraction of sp³-hybridized carbons (Fsp3) is 0.350. The molecule has 118 valence electrons. The number of para-hydroxylation sites is 1. The molecule has 4 rings (SSSR count). The molecule has 0 bridgehead atoms. The van der Waals surface area contributed by atoms with Gasteiger partial charge in [0.25, 0.3) is 0 Å².